The van der Waals surface area contributed by atoms with E-state index in [2.05, 4.69) is 5.32 Å². The van der Waals surface area contributed by atoms with Crippen LogP contribution in [0.2, 0.25) is 5.02 Å². The first-order chi connectivity index (χ1) is 15.0. The molecule has 0 spiro atoms. The van der Waals surface area contributed by atoms with Gasteiger partial charge in [0.05, 0.1) is 17.3 Å². The largest absolute Gasteiger partial charge is 0.327 e. The van der Waals surface area contributed by atoms with Crippen molar-refractivity contribution < 1.29 is 14.4 Å². The van der Waals surface area contributed by atoms with Gasteiger partial charge in [-0.2, -0.15) is 0 Å². The maximum Gasteiger partial charge on any atom is 0.327 e. The molecule has 5 rings (SSSR count). The zero-order valence-corrected chi connectivity index (χ0v) is 17.9. The van der Waals surface area contributed by atoms with Crippen LogP contribution in [-0.2, 0) is 4.79 Å². The number of piperazine rings is 1. The van der Waals surface area contributed by atoms with E-state index in [1.807, 2.05) is 49.4 Å². The number of imide groups is 1. The maximum atomic E-state index is 13.1. The quantitative estimate of drug-likeness (QED) is 0.743. The molecule has 2 aromatic rings. The molecule has 1 N–H and O–H groups in total. The Balaban J connectivity index is 1.28. The van der Waals surface area contributed by atoms with Crippen molar-refractivity contribution in [3.63, 3.8) is 0 Å². The van der Waals surface area contributed by atoms with Crippen LogP contribution in [0.3, 0.4) is 0 Å². The topological polar surface area (TPSA) is 73.0 Å². The fourth-order valence-electron chi connectivity index (χ4n) is 4.61. The van der Waals surface area contributed by atoms with Crippen LogP contribution in [0.25, 0.3) is 0 Å². The van der Waals surface area contributed by atoms with Crippen LogP contribution in [0.4, 0.5) is 15.3 Å². The number of para-hydroxylation sites is 1. The molecular formula is C23H23ClN4O3. The number of halogens is 1. The Kier molecular flexibility index (Phi) is 4.85. The average molecular weight is 439 g/mol. The van der Waals surface area contributed by atoms with Gasteiger partial charge in [0.25, 0.3) is 5.91 Å². The lowest BCUT2D eigenvalue weighted by molar-refractivity contribution is -0.129. The number of carbonyl (C=O) groups excluding carboxylic acids is 3. The van der Waals surface area contributed by atoms with E-state index in [9.17, 15) is 14.4 Å². The summed E-state index contributed by atoms with van der Waals surface area (Å²) >= 11 is 6.22. The van der Waals surface area contributed by atoms with Gasteiger partial charge < -0.3 is 15.1 Å². The van der Waals surface area contributed by atoms with Gasteiger partial charge >= 0.3 is 12.1 Å². The number of rotatable bonds is 3. The van der Waals surface area contributed by atoms with Gasteiger partial charge in [0, 0.05) is 25.0 Å². The van der Waals surface area contributed by atoms with E-state index in [4.69, 9.17) is 11.6 Å². The zero-order valence-electron chi connectivity index (χ0n) is 17.1. The van der Waals surface area contributed by atoms with Crippen molar-refractivity contribution in [2.45, 2.75) is 31.3 Å². The first kappa shape index (κ1) is 19.9. The van der Waals surface area contributed by atoms with E-state index in [-0.39, 0.29) is 36.5 Å². The number of urea groups is 2. The van der Waals surface area contributed by atoms with Crippen molar-refractivity contribution in [3.05, 3.63) is 64.7 Å². The molecule has 2 aromatic carbocycles. The second-order valence-electron chi connectivity index (χ2n) is 8.33. The summed E-state index contributed by atoms with van der Waals surface area (Å²) < 4.78 is 0. The number of hydrogen-bond donors (Lipinski definition) is 1. The van der Waals surface area contributed by atoms with E-state index in [1.54, 1.807) is 15.9 Å². The normalized spacial score (nSPS) is 25.0. The number of amides is 5. The predicted molar refractivity (Wildman–Crippen MR) is 117 cm³/mol. The van der Waals surface area contributed by atoms with E-state index >= 15 is 0 Å². The number of nitrogens with zero attached hydrogens (tertiary/aromatic N) is 3. The minimum atomic E-state index is -0.628. The summed E-state index contributed by atoms with van der Waals surface area (Å²) in [5, 5.41) is 3.32. The number of hydrogen-bond acceptors (Lipinski definition) is 3. The molecule has 0 bridgehead atoms. The number of aryl methyl sites for hydroxylation is 1. The monoisotopic (exact) mass is 438 g/mol. The third-order valence-electron chi connectivity index (χ3n) is 6.41. The summed E-state index contributed by atoms with van der Waals surface area (Å²) in [6, 6.07) is 14.1. The molecule has 2 saturated heterocycles. The average Bonchev–Trinajstić information content (AvgIpc) is 3.52. The number of benzene rings is 2. The first-order valence-electron chi connectivity index (χ1n) is 10.5. The first-order valence-corrected chi connectivity index (χ1v) is 10.8. The third kappa shape index (κ3) is 3.43. The Labute approximate surface area is 185 Å². The molecule has 2 heterocycles. The van der Waals surface area contributed by atoms with Crippen molar-refractivity contribution in [1.82, 2.24) is 14.7 Å². The third-order valence-corrected chi connectivity index (χ3v) is 6.73. The van der Waals surface area contributed by atoms with Crippen LogP contribution in [0.1, 0.15) is 23.5 Å². The molecule has 3 aliphatic rings. The molecule has 0 radical (unpaired) electrons. The second-order valence-corrected chi connectivity index (χ2v) is 8.74. The van der Waals surface area contributed by atoms with Crippen molar-refractivity contribution in [2.24, 2.45) is 0 Å². The molecule has 5 amide bonds. The van der Waals surface area contributed by atoms with Gasteiger partial charge in [0.1, 0.15) is 6.04 Å². The molecule has 1 saturated carbocycles. The summed E-state index contributed by atoms with van der Waals surface area (Å²) in [6.07, 6.45) is 0.790. The second kappa shape index (κ2) is 7.57. The highest BCUT2D eigenvalue weighted by Gasteiger charge is 2.56. The fourth-order valence-corrected chi connectivity index (χ4v) is 4.88. The highest BCUT2D eigenvalue weighted by atomic mass is 35.5. The van der Waals surface area contributed by atoms with E-state index in [0.29, 0.717) is 23.8 Å². The highest BCUT2D eigenvalue weighted by Crippen LogP contribution is 2.46. The molecule has 1 aliphatic carbocycles. The van der Waals surface area contributed by atoms with Crippen LogP contribution in [0.15, 0.2) is 48.5 Å². The Morgan fingerprint density at radius 1 is 1.06 bits per heavy atom. The molecule has 2 aliphatic heterocycles. The van der Waals surface area contributed by atoms with Crippen LogP contribution in [0.5, 0.6) is 0 Å². The number of carbonyl (C=O) groups is 3. The van der Waals surface area contributed by atoms with Crippen LogP contribution >= 0.6 is 11.6 Å². The van der Waals surface area contributed by atoms with E-state index in [0.717, 1.165) is 17.5 Å². The maximum absolute atomic E-state index is 13.1. The molecule has 0 aromatic heterocycles. The summed E-state index contributed by atoms with van der Waals surface area (Å²) in [7, 11) is 0. The molecular weight excluding hydrogens is 416 g/mol. The molecule has 8 heteroatoms. The van der Waals surface area contributed by atoms with Crippen molar-refractivity contribution in [2.75, 3.05) is 25.0 Å². The smallest absolute Gasteiger partial charge is 0.320 e. The highest BCUT2D eigenvalue weighted by molar-refractivity contribution is 6.33. The summed E-state index contributed by atoms with van der Waals surface area (Å²) in [5.74, 6) is -0.0158. The lowest BCUT2D eigenvalue weighted by atomic mass is 10.1. The van der Waals surface area contributed by atoms with E-state index < -0.39 is 6.04 Å². The summed E-state index contributed by atoms with van der Waals surface area (Å²) in [5.41, 5.74) is 2.57. The molecule has 3 fully saturated rings. The Bertz CT molecular complexity index is 1040. The molecule has 1 unspecified atom stereocenters. The van der Waals surface area contributed by atoms with Gasteiger partial charge in [-0.05, 0) is 30.5 Å². The van der Waals surface area contributed by atoms with Gasteiger partial charge in [-0.25, -0.2) is 9.59 Å². The Hall–Kier alpha value is -3.06. The fraction of sp³-hybridized carbons (Fsp3) is 0.348. The van der Waals surface area contributed by atoms with Gasteiger partial charge in [-0.1, -0.05) is 54.1 Å². The van der Waals surface area contributed by atoms with Gasteiger partial charge in [0.15, 0.2) is 0 Å². The molecule has 3 atom stereocenters. The SMILES string of the molecule is Cc1cccc(Cl)c1NC(=O)N1CCN2C(=O)N([C@@H]3C[C@H]3c3ccccc3)C(=O)C2C1. The minimum Gasteiger partial charge on any atom is -0.320 e. The number of nitrogens with one attached hydrogen (secondary N) is 1. The number of anilines is 1. The van der Waals surface area contributed by atoms with E-state index in [1.165, 1.54) is 4.90 Å². The molecule has 7 nitrogen and oxygen atoms in total. The lowest BCUT2D eigenvalue weighted by Crippen LogP contribution is -2.55. The van der Waals surface area contributed by atoms with Crippen LogP contribution < -0.4 is 5.32 Å². The van der Waals surface area contributed by atoms with Gasteiger partial charge in [-0.3, -0.25) is 9.69 Å². The zero-order chi connectivity index (χ0) is 21.7. The Morgan fingerprint density at radius 2 is 1.84 bits per heavy atom. The minimum absolute atomic E-state index is 0.0962. The molecule has 160 valence electrons. The van der Waals surface area contributed by atoms with Crippen LogP contribution in [0, 0.1) is 6.92 Å². The predicted octanol–water partition coefficient (Wildman–Crippen LogP) is 3.68. The standard InChI is InChI=1S/C23H23ClN4O3/c1-14-6-5-9-17(24)20(14)25-22(30)26-10-11-27-19(13-26)21(29)28(23(27)31)18-12-16(18)15-7-3-2-4-8-15/h2-9,16,18-19H,10-13H2,1H3,(H,25,30)/t16-,18+,19?/m0/s1. The van der Waals surface area contributed by atoms with Crippen molar-refractivity contribution in [3.8, 4) is 0 Å². The summed E-state index contributed by atoms with van der Waals surface area (Å²) in [4.78, 5) is 43.5. The Morgan fingerprint density at radius 3 is 2.58 bits per heavy atom. The molecule has 31 heavy (non-hydrogen) atoms. The number of fused-ring (bicyclic) bond motifs is 1. The van der Waals surface area contributed by atoms with Gasteiger partial charge in [-0.15, -0.1) is 0 Å². The van der Waals surface area contributed by atoms with Crippen molar-refractivity contribution in [1.29, 1.82) is 0 Å². The lowest BCUT2D eigenvalue weighted by Gasteiger charge is -2.35. The van der Waals surface area contributed by atoms with Crippen molar-refractivity contribution >= 4 is 35.3 Å². The summed E-state index contributed by atoms with van der Waals surface area (Å²) in [6.45, 7) is 2.75. The van der Waals surface area contributed by atoms with Gasteiger partial charge in [0.2, 0.25) is 0 Å². The van der Waals surface area contributed by atoms with Crippen LogP contribution in [-0.4, -0.2) is 64.4 Å².